The summed E-state index contributed by atoms with van der Waals surface area (Å²) >= 11 is 0. The third-order valence-electron chi connectivity index (χ3n) is 3.80. The topological polar surface area (TPSA) is 49.8 Å². The summed E-state index contributed by atoms with van der Waals surface area (Å²) in [7, 11) is 3.56. The zero-order valence-corrected chi connectivity index (χ0v) is 10.8. The van der Waals surface area contributed by atoms with Gasteiger partial charge in [0.05, 0.1) is 12.5 Å². The molecule has 1 aromatic rings. The second-order valence-corrected chi connectivity index (χ2v) is 5.00. The van der Waals surface area contributed by atoms with Crippen LogP contribution in [-0.4, -0.2) is 31.8 Å². The maximum Gasteiger partial charge on any atom is 0.311 e. The number of nitrogens with zero attached hydrogens (tertiary/aromatic N) is 1. The zero-order valence-electron chi connectivity index (χ0n) is 10.8. The second kappa shape index (κ2) is 4.88. The van der Waals surface area contributed by atoms with E-state index >= 15 is 0 Å². The van der Waals surface area contributed by atoms with E-state index in [0.717, 1.165) is 30.7 Å². The highest BCUT2D eigenvalue weighted by molar-refractivity contribution is 5.76. The molecule has 0 amide bonds. The average molecular weight is 249 g/mol. The van der Waals surface area contributed by atoms with Crippen molar-refractivity contribution in [2.45, 2.75) is 19.3 Å². The molecular weight excluding hydrogens is 230 g/mol. The van der Waals surface area contributed by atoms with Gasteiger partial charge in [0, 0.05) is 25.3 Å². The Morgan fingerprint density at radius 3 is 2.72 bits per heavy atom. The molecule has 0 aliphatic heterocycles. The van der Waals surface area contributed by atoms with Crippen LogP contribution in [0.4, 0.5) is 5.69 Å². The minimum absolute atomic E-state index is 0.551. The van der Waals surface area contributed by atoms with E-state index in [1.807, 2.05) is 36.2 Å². The van der Waals surface area contributed by atoms with Crippen molar-refractivity contribution >= 4 is 11.7 Å². The quantitative estimate of drug-likeness (QED) is 0.870. The van der Waals surface area contributed by atoms with E-state index in [0.29, 0.717) is 6.54 Å². The van der Waals surface area contributed by atoms with Gasteiger partial charge >= 0.3 is 5.97 Å². The Bertz CT molecular complexity index is 440. The lowest BCUT2D eigenvalue weighted by Gasteiger charge is -2.41. The number of benzene rings is 1. The number of carboxylic acid groups (broad SMARTS) is 1. The molecule has 98 valence electrons. The molecule has 0 bridgehead atoms. The fourth-order valence-electron chi connectivity index (χ4n) is 2.44. The molecule has 0 spiro atoms. The molecule has 0 heterocycles. The molecule has 1 aliphatic carbocycles. The SMILES string of the molecule is COc1cccc(N(C)CC2(C(=O)O)CCC2)c1. The van der Waals surface area contributed by atoms with Crippen LogP contribution in [0.5, 0.6) is 5.75 Å². The summed E-state index contributed by atoms with van der Waals surface area (Å²) in [5.41, 5.74) is 0.430. The number of methoxy groups -OCH3 is 1. The zero-order chi connectivity index (χ0) is 13.2. The van der Waals surface area contributed by atoms with Crippen LogP contribution in [0.2, 0.25) is 0 Å². The Kier molecular flexibility index (Phi) is 3.45. The van der Waals surface area contributed by atoms with Gasteiger partial charge < -0.3 is 14.7 Å². The molecule has 18 heavy (non-hydrogen) atoms. The van der Waals surface area contributed by atoms with Crippen molar-refractivity contribution in [2.24, 2.45) is 5.41 Å². The van der Waals surface area contributed by atoms with Crippen LogP contribution in [-0.2, 0) is 4.79 Å². The van der Waals surface area contributed by atoms with Crippen molar-refractivity contribution < 1.29 is 14.6 Å². The number of carbonyl (C=O) groups is 1. The van der Waals surface area contributed by atoms with Crippen molar-refractivity contribution in [2.75, 3.05) is 25.6 Å². The average Bonchev–Trinajstić information content (AvgIpc) is 2.33. The van der Waals surface area contributed by atoms with Gasteiger partial charge in [0.2, 0.25) is 0 Å². The lowest BCUT2D eigenvalue weighted by Crippen LogP contribution is -2.46. The molecule has 0 unspecified atom stereocenters. The molecule has 1 saturated carbocycles. The van der Waals surface area contributed by atoms with E-state index in [9.17, 15) is 9.90 Å². The van der Waals surface area contributed by atoms with E-state index in [1.54, 1.807) is 7.11 Å². The fraction of sp³-hybridized carbons (Fsp3) is 0.500. The Labute approximate surface area is 107 Å². The fourth-order valence-corrected chi connectivity index (χ4v) is 2.44. The number of hydrogen-bond donors (Lipinski definition) is 1. The van der Waals surface area contributed by atoms with Crippen LogP contribution >= 0.6 is 0 Å². The Balaban J connectivity index is 2.11. The van der Waals surface area contributed by atoms with E-state index < -0.39 is 11.4 Å². The molecule has 0 atom stereocenters. The summed E-state index contributed by atoms with van der Waals surface area (Å²) in [6.45, 7) is 0.551. The van der Waals surface area contributed by atoms with Crippen LogP contribution in [0.25, 0.3) is 0 Å². The minimum atomic E-state index is -0.677. The highest BCUT2D eigenvalue weighted by Crippen LogP contribution is 2.42. The molecule has 4 heteroatoms. The van der Waals surface area contributed by atoms with Gasteiger partial charge in [-0.15, -0.1) is 0 Å². The molecule has 0 aromatic heterocycles. The molecule has 1 fully saturated rings. The predicted octanol–water partition coefficient (Wildman–Crippen LogP) is 2.39. The molecule has 0 saturated heterocycles. The van der Waals surface area contributed by atoms with E-state index in [4.69, 9.17) is 4.74 Å². The predicted molar refractivity (Wildman–Crippen MR) is 70.2 cm³/mol. The van der Waals surface area contributed by atoms with Crippen LogP contribution in [0.1, 0.15) is 19.3 Å². The third-order valence-corrected chi connectivity index (χ3v) is 3.80. The first-order valence-electron chi connectivity index (χ1n) is 6.16. The summed E-state index contributed by atoms with van der Waals surface area (Å²) in [4.78, 5) is 13.3. The first kappa shape index (κ1) is 12.7. The molecular formula is C14H19NO3. The van der Waals surface area contributed by atoms with Gasteiger partial charge in [-0.2, -0.15) is 0 Å². The highest BCUT2D eigenvalue weighted by atomic mass is 16.5. The molecule has 0 radical (unpaired) electrons. The normalized spacial score (nSPS) is 16.8. The maximum absolute atomic E-state index is 11.3. The maximum atomic E-state index is 11.3. The standard InChI is InChI=1S/C14H19NO3/c1-15(10-14(13(16)17)7-4-8-14)11-5-3-6-12(9-11)18-2/h3,5-6,9H,4,7-8,10H2,1-2H3,(H,16,17). The smallest absolute Gasteiger partial charge is 0.311 e. The van der Waals surface area contributed by atoms with Crippen molar-refractivity contribution in [3.63, 3.8) is 0 Å². The summed E-state index contributed by atoms with van der Waals surface area (Å²) in [6, 6.07) is 7.69. The van der Waals surface area contributed by atoms with Gasteiger partial charge in [0.15, 0.2) is 0 Å². The number of anilines is 1. The number of ether oxygens (including phenoxy) is 1. The van der Waals surface area contributed by atoms with Gasteiger partial charge in [0.1, 0.15) is 5.75 Å². The van der Waals surface area contributed by atoms with Gasteiger partial charge in [-0.05, 0) is 25.0 Å². The monoisotopic (exact) mass is 249 g/mol. The van der Waals surface area contributed by atoms with Crippen LogP contribution < -0.4 is 9.64 Å². The first-order valence-corrected chi connectivity index (χ1v) is 6.16. The number of carboxylic acids is 1. The van der Waals surface area contributed by atoms with Gasteiger partial charge in [0.25, 0.3) is 0 Å². The highest BCUT2D eigenvalue weighted by Gasteiger charge is 2.45. The lowest BCUT2D eigenvalue weighted by molar-refractivity contribution is -0.153. The van der Waals surface area contributed by atoms with Crippen LogP contribution in [0.3, 0.4) is 0 Å². The molecule has 4 nitrogen and oxygen atoms in total. The number of rotatable bonds is 5. The van der Waals surface area contributed by atoms with Crippen molar-refractivity contribution in [1.82, 2.24) is 0 Å². The molecule has 1 N–H and O–H groups in total. The van der Waals surface area contributed by atoms with Crippen molar-refractivity contribution in [1.29, 1.82) is 0 Å². The lowest BCUT2D eigenvalue weighted by atomic mass is 9.68. The van der Waals surface area contributed by atoms with E-state index in [1.165, 1.54) is 0 Å². The molecule has 1 aliphatic rings. The van der Waals surface area contributed by atoms with Gasteiger partial charge in [-0.3, -0.25) is 4.79 Å². The molecule has 2 rings (SSSR count). The Morgan fingerprint density at radius 1 is 1.50 bits per heavy atom. The first-order chi connectivity index (χ1) is 8.57. The second-order valence-electron chi connectivity index (χ2n) is 5.00. The number of hydrogen-bond acceptors (Lipinski definition) is 3. The molecule has 1 aromatic carbocycles. The third kappa shape index (κ3) is 2.28. The Morgan fingerprint density at radius 2 is 2.22 bits per heavy atom. The summed E-state index contributed by atoms with van der Waals surface area (Å²) in [6.07, 6.45) is 2.56. The van der Waals surface area contributed by atoms with E-state index in [2.05, 4.69) is 0 Å². The van der Waals surface area contributed by atoms with Crippen molar-refractivity contribution in [3.05, 3.63) is 24.3 Å². The van der Waals surface area contributed by atoms with Crippen LogP contribution in [0, 0.1) is 5.41 Å². The largest absolute Gasteiger partial charge is 0.497 e. The van der Waals surface area contributed by atoms with Crippen LogP contribution in [0.15, 0.2) is 24.3 Å². The summed E-state index contributed by atoms with van der Waals surface area (Å²) in [5.74, 6) is 0.112. The van der Waals surface area contributed by atoms with Gasteiger partial charge in [-0.25, -0.2) is 0 Å². The minimum Gasteiger partial charge on any atom is -0.497 e. The number of aliphatic carboxylic acids is 1. The Hall–Kier alpha value is -1.71. The summed E-state index contributed by atoms with van der Waals surface area (Å²) < 4.78 is 5.18. The van der Waals surface area contributed by atoms with Crippen molar-refractivity contribution in [3.8, 4) is 5.75 Å². The van der Waals surface area contributed by atoms with Gasteiger partial charge in [-0.1, -0.05) is 12.5 Å². The summed E-state index contributed by atoms with van der Waals surface area (Å²) in [5, 5.41) is 9.33. The van der Waals surface area contributed by atoms with E-state index in [-0.39, 0.29) is 0 Å².